The highest BCUT2D eigenvalue weighted by molar-refractivity contribution is 8.26. The maximum atomic E-state index is 12.7. The summed E-state index contributed by atoms with van der Waals surface area (Å²) in [5, 5.41) is 18.2. The molecule has 1 atom stereocenters. The van der Waals surface area contributed by atoms with Crippen molar-refractivity contribution in [3.05, 3.63) is 28.7 Å². The van der Waals surface area contributed by atoms with Gasteiger partial charge in [-0.2, -0.15) is 0 Å². The topological polar surface area (TPSA) is 113 Å². The van der Waals surface area contributed by atoms with Crippen LogP contribution in [0.15, 0.2) is 23.1 Å². The molecular formula is C17H17NO7S2. The third-order valence-electron chi connectivity index (χ3n) is 3.78. The number of nitrogens with zero attached hydrogens (tertiary/aromatic N) is 1. The van der Waals surface area contributed by atoms with Crippen LogP contribution in [0.3, 0.4) is 0 Å². The Bertz CT molecular complexity index is 821. The molecule has 0 saturated carbocycles. The highest BCUT2D eigenvalue weighted by Gasteiger charge is 2.40. The molecule has 0 radical (unpaired) electrons. The second-order valence-corrected chi connectivity index (χ2v) is 7.12. The molecule has 1 aliphatic rings. The van der Waals surface area contributed by atoms with Gasteiger partial charge in [0.05, 0.1) is 19.1 Å². The molecule has 1 aromatic carbocycles. The van der Waals surface area contributed by atoms with Gasteiger partial charge in [-0.1, -0.05) is 24.0 Å². The average Bonchev–Trinajstić information content (AvgIpc) is 2.89. The number of ether oxygens (including phenoxy) is 2. The summed E-state index contributed by atoms with van der Waals surface area (Å²) in [4.78, 5) is 36.2. The minimum Gasteiger partial charge on any atom is -0.497 e. The Morgan fingerprint density at radius 2 is 2.00 bits per heavy atom. The van der Waals surface area contributed by atoms with Crippen molar-refractivity contribution in [3.63, 3.8) is 0 Å². The lowest BCUT2D eigenvalue weighted by molar-refractivity contribution is -0.146. The van der Waals surface area contributed by atoms with Gasteiger partial charge in [-0.25, -0.2) is 4.79 Å². The lowest BCUT2D eigenvalue weighted by Gasteiger charge is -2.22. The predicted molar refractivity (Wildman–Crippen MR) is 103 cm³/mol. The maximum Gasteiger partial charge on any atom is 0.326 e. The molecule has 1 heterocycles. The quantitative estimate of drug-likeness (QED) is 0.491. The molecular weight excluding hydrogens is 394 g/mol. The number of carboxylic acid groups (broad SMARTS) is 2. The third-order valence-corrected chi connectivity index (χ3v) is 5.11. The summed E-state index contributed by atoms with van der Waals surface area (Å²) in [6.07, 6.45) is 0.903. The van der Waals surface area contributed by atoms with Crippen molar-refractivity contribution >= 4 is 52.2 Å². The summed E-state index contributed by atoms with van der Waals surface area (Å²) in [5.41, 5.74) is 0.565. The molecule has 1 saturated heterocycles. The van der Waals surface area contributed by atoms with E-state index in [0.29, 0.717) is 17.1 Å². The van der Waals surface area contributed by atoms with Crippen LogP contribution in [-0.2, 0) is 14.4 Å². The number of carbonyl (C=O) groups excluding carboxylic acids is 1. The van der Waals surface area contributed by atoms with Crippen molar-refractivity contribution < 1.29 is 34.1 Å². The Balaban J connectivity index is 2.35. The fraction of sp³-hybridized carbons (Fsp3) is 0.294. The van der Waals surface area contributed by atoms with E-state index in [0.717, 1.165) is 16.7 Å². The van der Waals surface area contributed by atoms with Gasteiger partial charge in [-0.05, 0) is 30.7 Å². The molecule has 0 aromatic heterocycles. The van der Waals surface area contributed by atoms with Crippen LogP contribution in [0.1, 0.15) is 18.4 Å². The van der Waals surface area contributed by atoms with Crippen LogP contribution in [0.2, 0.25) is 0 Å². The number of thioether (sulfide) groups is 1. The van der Waals surface area contributed by atoms with E-state index < -0.39 is 30.3 Å². The number of amides is 1. The molecule has 1 aromatic rings. The van der Waals surface area contributed by atoms with Crippen molar-refractivity contribution in [2.24, 2.45) is 0 Å². The number of aliphatic carboxylic acids is 2. The zero-order chi connectivity index (χ0) is 20.1. The van der Waals surface area contributed by atoms with Crippen molar-refractivity contribution in [2.45, 2.75) is 18.9 Å². The zero-order valence-electron chi connectivity index (χ0n) is 14.5. The minimum absolute atomic E-state index is 0.0610. The number of hydrogen-bond acceptors (Lipinski definition) is 7. The Hall–Kier alpha value is -2.59. The Kier molecular flexibility index (Phi) is 6.81. The fourth-order valence-corrected chi connectivity index (χ4v) is 3.81. The normalized spacial score (nSPS) is 16.5. The van der Waals surface area contributed by atoms with E-state index >= 15 is 0 Å². The number of thiocarbonyl (C=S) groups is 1. The number of methoxy groups -OCH3 is 2. The van der Waals surface area contributed by atoms with Gasteiger partial charge in [-0.15, -0.1) is 0 Å². The molecule has 0 aliphatic carbocycles. The summed E-state index contributed by atoms with van der Waals surface area (Å²) in [5.74, 6) is -1.99. The molecule has 0 spiro atoms. The molecule has 2 N–H and O–H groups in total. The average molecular weight is 411 g/mol. The molecule has 0 bridgehead atoms. The standard InChI is InChI=1S/C17H17NO7S2/c1-24-10-3-5-12(25-2)9(7-10)8-13-15(21)18(17(26)27-13)11(16(22)23)4-6-14(19)20/h3,5,7-8,11H,4,6H2,1-2H3,(H,19,20)(H,22,23)/b13-8-/t11-/m0/s1. The van der Waals surface area contributed by atoms with Crippen LogP contribution in [0.25, 0.3) is 6.08 Å². The lowest BCUT2D eigenvalue weighted by atomic mass is 10.1. The fourth-order valence-electron chi connectivity index (χ4n) is 2.47. The van der Waals surface area contributed by atoms with Crippen LogP contribution in [-0.4, -0.2) is 57.5 Å². The van der Waals surface area contributed by atoms with Gasteiger partial charge < -0.3 is 19.7 Å². The SMILES string of the molecule is COc1ccc(OC)c(/C=C2\SC(=S)N([C@@H](CCC(=O)O)C(=O)O)C2=O)c1. The van der Waals surface area contributed by atoms with Crippen molar-refractivity contribution in [3.8, 4) is 11.5 Å². The van der Waals surface area contributed by atoms with Gasteiger partial charge in [0.1, 0.15) is 21.9 Å². The molecule has 27 heavy (non-hydrogen) atoms. The van der Waals surface area contributed by atoms with Gasteiger partial charge >= 0.3 is 11.9 Å². The second-order valence-electron chi connectivity index (χ2n) is 5.45. The van der Waals surface area contributed by atoms with Crippen LogP contribution in [0.5, 0.6) is 11.5 Å². The van der Waals surface area contributed by atoms with Crippen LogP contribution in [0.4, 0.5) is 0 Å². The van der Waals surface area contributed by atoms with E-state index in [2.05, 4.69) is 0 Å². The first-order chi connectivity index (χ1) is 12.8. The largest absolute Gasteiger partial charge is 0.497 e. The van der Waals surface area contributed by atoms with E-state index in [9.17, 15) is 19.5 Å². The van der Waals surface area contributed by atoms with Gasteiger partial charge in [-0.3, -0.25) is 14.5 Å². The van der Waals surface area contributed by atoms with Crippen LogP contribution in [0, 0.1) is 0 Å². The summed E-state index contributed by atoms with van der Waals surface area (Å²) in [6.45, 7) is 0. The Morgan fingerprint density at radius 1 is 1.30 bits per heavy atom. The number of carbonyl (C=O) groups is 3. The second kappa shape index (κ2) is 8.87. The smallest absolute Gasteiger partial charge is 0.326 e. The number of carboxylic acids is 2. The van der Waals surface area contributed by atoms with E-state index in [1.54, 1.807) is 18.2 Å². The van der Waals surface area contributed by atoms with Crippen molar-refractivity contribution in [2.75, 3.05) is 14.2 Å². The van der Waals surface area contributed by atoms with Gasteiger partial charge in [0, 0.05) is 12.0 Å². The van der Waals surface area contributed by atoms with E-state index in [1.807, 2.05) is 0 Å². The van der Waals surface area contributed by atoms with E-state index in [-0.39, 0.29) is 15.6 Å². The zero-order valence-corrected chi connectivity index (χ0v) is 16.1. The van der Waals surface area contributed by atoms with E-state index in [4.69, 9.17) is 26.8 Å². The van der Waals surface area contributed by atoms with Crippen LogP contribution < -0.4 is 9.47 Å². The van der Waals surface area contributed by atoms with Crippen LogP contribution >= 0.6 is 24.0 Å². The molecule has 2 rings (SSSR count). The monoisotopic (exact) mass is 411 g/mol. The number of hydrogen-bond donors (Lipinski definition) is 2. The highest BCUT2D eigenvalue weighted by atomic mass is 32.2. The Labute approximate surface area is 164 Å². The molecule has 10 heteroatoms. The predicted octanol–water partition coefficient (Wildman–Crippen LogP) is 2.22. The van der Waals surface area contributed by atoms with Gasteiger partial charge in [0.2, 0.25) is 0 Å². The summed E-state index contributed by atoms with van der Waals surface area (Å²) < 4.78 is 10.5. The summed E-state index contributed by atoms with van der Waals surface area (Å²) >= 11 is 6.11. The molecule has 0 unspecified atom stereocenters. The lowest BCUT2D eigenvalue weighted by Crippen LogP contribution is -2.44. The Morgan fingerprint density at radius 3 is 2.56 bits per heavy atom. The number of benzene rings is 1. The first-order valence-electron chi connectivity index (χ1n) is 7.72. The molecule has 1 amide bonds. The summed E-state index contributed by atoms with van der Waals surface area (Å²) in [7, 11) is 2.99. The molecule has 1 aliphatic heterocycles. The highest BCUT2D eigenvalue weighted by Crippen LogP contribution is 2.37. The van der Waals surface area contributed by atoms with Crippen molar-refractivity contribution in [1.29, 1.82) is 0 Å². The number of rotatable bonds is 8. The first kappa shape index (κ1) is 20.7. The maximum absolute atomic E-state index is 12.7. The van der Waals surface area contributed by atoms with Gasteiger partial charge in [0.25, 0.3) is 5.91 Å². The first-order valence-corrected chi connectivity index (χ1v) is 8.94. The summed E-state index contributed by atoms with van der Waals surface area (Å²) in [6, 6.07) is 3.71. The third kappa shape index (κ3) is 4.77. The molecule has 144 valence electrons. The minimum atomic E-state index is -1.34. The van der Waals surface area contributed by atoms with E-state index in [1.165, 1.54) is 20.3 Å². The molecule has 1 fully saturated rings. The van der Waals surface area contributed by atoms with Crippen molar-refractivity contribution in [1.82, 2.24) is 4.90 Å². The van der Waals surface area contributed by atoms with Gasteiger partial charge in [0.15, 0.2) is 0 Å². The molecule has 8 nitrogen and oxygen atoms in total.